The van der Waals surface area contributed by atoms with Gasteiger partial charge in [0.1, 0.15) is 48.8 Å². The molecule has 93 heavy (non-hydrogen) atoms. The summed E-state index contributed by atoms with van der Waals surface area (Å²) in [6.45, 7) is 8.77. The highest BCUT2D eigenvalue weighted by atomic mass is 16.8. The van der Waals surface area contributed by atoms with Crippen molar-refractivity contribution >= 4 is 11.8 Å². The first-order chi connectivity index (χ1) is 45.5. The predicted octanol–water partition coefficient (Wildman–Crippen LogP) is 19.6. The molecule has 0 aromatic rings. The largest absolute Gasteiger partial charge is 0.388 e. The summed E-state index contributed by atoms with van der Waals surface area (Å²) >= 11 is 0. The van der Waals surface area contributed by atoms with Crippen molar-refractivity contribution < 1.29 is 54.4 Å². The molecule has 0 aliphatic carbocycles. The minimum atomic E-state index is -1.77. The van der Waals surface area contributed by atoms with Crippen LogP contribution in [0.25, 0.3) is 0 Å². The molecule has 10 atom stereocenters. The highest BCUT2D eigenvalue weighted by molar-refractivity contribution is 5.79. The van der Waals surface area contributed by atoms with E-state index in [1.54, 1.807) is 0 Å². The Morgan fingerprint density at radius 1 is 0.269 bits per heavy atom. The van der Waals surface area contributed by atoms with E-state index in [-0.39, 0.29) is 36.7 Å². The van der Waals surface area contributed by atoms with E-state index < -0.39 is 61.4 Å². The second kappa shape index (κ2) is 62.8. The average molecular weight is 1320 g/mol. The van der Waals surface area contributed by atoms with Crippen LogP contribution in [0, 0.1) is 11.8 Å². The van der Waals surface area contributed by atoms with Gasteiger partial charge in [0, 0.05) is 24.9 Å². The van der Waals surface area contributed by atoms with Crippen LogP contribution in [0.15, 0.2) is 0 Å². The first kappa shape index (κ1) is 87.7. The van der Waals surface area contributed by atoms with Crippen molar-refractivity contribution in [2.24, 2.45) is 11.8 Å². The zero-order valence-electron chi connectivity index (χ0n) is 61.5. The molecule has 0 spiro atoms. The molecule has 13 nitrogen and oxygen atoms in total. The fourth-order valence-corrected chi connectivity index (χ4v) is 14.4. The lowest BCUT2D eigenvalue weighted by Crippen LogP contribution is -2.65. The summed E-state index contributed by atoms with van der Waals surface area (Å²) in [5, 5.41) is 73.1. The third-order valence-corrected chi connectivity index (χ3v) is 20.9. The van der Waals surface area contributed by atoms with Crippen LogP contribution in [-0.4, -0.2) is 117 Å². The van der Waals surface area contributed by atoms with Crippen molar-refractivity contribution in [3.8, 4) is 0 Å². The Kier molecular flexibility index (Phi) is 59.2. The Labute approximate surface area is 573 Å². The Morgan fingerprint density at radius 2 is 0.441 bits per heavy atom. The quantitative estimate of drug-likeness (QED) is 0.0269. The monoisotopic (exact) mass is 1320 g/mol. The first-order valence-electron chi connectivity index (χ1n) is 41.1. The number of amides is 2. The smallest absolute Gasteiger partial charge is 0.223 e. The van der Waals surface area contributed by atoms with Crippen molar-refractivity contribution in [3.05, 3.63) is 0 Å². The zero-order chi connectivity index (χ0) is 67.5. The van der Waals surface area contributed by atoms with E-state index in [2.05, 4.69) is 38.3 Å². The van der Waals surface area contributed by atoms with E-state index in [0.717, 1.165) is 77.0 Å². The fourth-order valence-electron chi connectivity index (χ4n) is 14.4. The van der Waals surface area contributed by atoms with Gasteiger partial charge in [-0.15, -0.1) is 0 Å². The molecule has 1 unspecified atom stereocenters. The molecule has 552 valence electrons. The number of unbranched alkanes of at least 4 members (excludes halogenated alkanes) is 52. The molecule has 2 amide bonds. The van der Waals surface area contributed by atoms with Crippen LogP contribution in [0.3, 0.4) is 0 Å². The first-order valence-corrected chi connectivity index (χ1v) is 41.1. The van der Waals surface area contributed by atoms with Crippen LogP contribution in [0.4, 0.5) is 0 Å². The zero-order valence-corrected chi connectivity index (χ0v) is 61.5. The number of rotatable bonds is 68. The van der Waals surface area contributed by atoms with Crippen molar-refractivity contribution in [2.45, 2.75) is 474 Å². The lowest BCUT2D eigenvalue weighted by atomic mass is 9.92. The van der Waals surface area contributed by atoms with Crippen molar-refractivity contribution in [2.75, 3.05) is 13.1 Å². The number of carbonyl (C=O) groups is 2. The third-order valence-electron chi connectivity index (χ3n) is 20.9. The lowest BCUT2D eigenvalue weighted by Gasteiger charge is -2.45. The fraction of sp³-hybridized carbons (Fsp3) is 0.975. The molecule has 0 bridgehead atoms. The van der Waals surface area contributed by atoms with Gasteiger partial charge in [-0.05, 0) is 25.7 Å². The van der Waals surface area contributed by atoms with E-state index in [9.17, 15) is 40.2 Å². The van der Waals surface area contributed by atoms with Gasteiger partial charge in [-0.3, -0.25) is 9.59 Å². The highest BCUT2D eigenvalue weighted by Gasteiger charge is 2.50. The predicted molar refractivity (Wildman–Crippen MR) is 387 cm³/mol. The number of aliphatic hydroxyl groups excluding tert-OH is 6. The molecule has 13 heteroatoms. The summed E-state index contributed by atoms with van der Waals surface area (Å²) in [4.78, 5) is 28.1. The van der Waals surface area contributed by atoms with Crippen molar-refractivity contribution in [1.82, 2.24) is 10.6 Å². The SMILES string of the molecule is CCCCCCCCCCCCCCCCC(CCCCCCCCCCCCCCCC)C(=O)NCC1O[C@H](O[C@H]2O[C@H](CNC(=O)C(CCCCCCCCCCCCCCCC)CCCCCCCCCCCCCCCC)[C@@H](O)[C@H](O)[C@H]2O)[C@H](O)[C@@H](O)[C@@H]1O. The van der Waals surface area contributed by atoms with Gasteiger partial charge in [-0.2, -0.15) is 0 Å². The molecule has 0 aromatic heterocycles. The number of carbonyl (C=O) groups excluding carboxylic acids is 2. The molecule has 0 aromatic carbocycles. The summed E-state index contributed by atoms with van der Waals surface area (Å²) in [5.41, 5.74) is 0. The number of ether oxygens (including phenoxy) is 3. The summed E-state index contributed by atoms with van der Waals surface area (Å²) in [5.74, 6) is -0.657. The van der Waals surface area contributed by atoms with E-state index >= 15 is 0 Å². The second-order valence-corrected chi connectivity index (χ2v) is 29.6. The van der Waals surface area contributed by atoms with Gasteiger partial charge in [0.15, 0.2) is 12.6 Å². The van der Waals surface area contributed by atoms with Crippen molar-refractivity contribution in [1.29, 1.82) is 0 Å². The van der Waals surface area contributed by atoms with Gasteiger partial charge in [0.2, 0.25) is 11.8 Å². The van der Waals surface area contributed by atoms with Crippen LogP contribution in [0.2, 0.25) is 0 Å². The standard InChI is InChI=1S/C80H156N2O11/c1-5-9-13-17-21-25-29-33-37-41-45-49-53-57-61-67(62-58-54-50-46-42-38-34-30-26-22-18-14-10-6-2)77(89)81-65-69-71(83)73(85)75(87)79(91-69)93-80-76(88)74(86)72(84)70(92-80)66-82-78(90)68(63-59-55-51-47-43-39-35-31-27-23-19-15-11-7-3)64-60-56-52-48-44-40-36-32-28-24-20-16-12-8-4/h67-76,79-80,83-88H,5-66H2,1-4H3,(H,81,89)(H,82,90)/t69-,70?,71-,72-,73+,74+,75-,76-,79-,80-/m1/s1. The highest BCUT2D eigenvalue weighted by Crippen LogP contribution is 2.30. The molecule has 2 aliphatic rings. The molecule has 2 rings (SSSR count). The molecule has 0 radical (unpaired) electrons. The summed E-state index contributed by atoms with van der Waals surface area (Å²) in [7, 11) is 0. The Balaban J connectivity index is 1.97. The maximum atomic E-state index is 14.1. The molecule has 0 saturated carbocycles. The number of hydrogen-bond acceptors (Lipinski definition) is 11. The van der Waals surface area contributed by atoms with E-state index in [4.69, 9.17) is 14.2 Å². The van der Waals surface area contributed by atoms with Crippen LogP contribution in [-0.2, 0) is 23.8 Å². The Bertz CT molecular complexity index is 1450. The van der Waals surface area contributed by atoms with Gasteiger partial charge in [-0.25, -0.2) is 0 Å². The van der Waals surface area contributed by atoms with Crippen LogP contribution in [0.1, 0.15) is 413 Å². The molecular formula is C80H156N2O11. The molecule has 2 saturated heterocycles. The molecular weight excluding hydrogens is 1160 g/mol. The van der Waals surface area contributed by atoms with E-state index in [1.165, 1.54) is 308 Å². The van der Waals surface area contributed by atoms with Crippen molar-refractivity contribution in [3.63, 3.8) is 0 Å². The van der Waals surface area contributed by atoms with Gasteiger partial charge >= 0.3 is 0 Å². The van der Waals surface area contributed by atoms with Gasteiger partial charge in [-0.1, -0.05) is 387 Å². The average Bonchev–Trinajstić information content (AvgIpc) is 0.828. The molecule has 8 N–H and O–H groups in total. The topological polar surface area (TPSA) is 207 Å². The number of aliphatic hydroxyl groups is 6. The van der Waals surface area contributed by atoms with Gasteiger partial charge in [0.05, 0.1) is 0 Å². The maximum absolute atomic E-state index is 14.1. The van der Waals surface area contributed by atoms with E-state index in [0.29, 0.717) is 0 Å². The molecule has 2 fully saturated rings. The molecule has 2 heterocycles. The minimum absolute atomic E-state index is 0.122. The Morgan fingerprint density at radius 3 is 0.624 bits per heavy atom. The summed E-state index contributed by atoms with van der Waals surface area (Å²) in [6.07, 6.45) is 58.4. The summed E-state index contributed by atoms with van der Waals surface area (Å²) in [6, 6.07) is 0. The number of hydrogen-bond donors (Lipinski definition) is 8. The van der Waals surface area contributed by atoms with Crippen LogP contribution < -0.4 is 10.6 Å². The van der Waals surface area contributed by atoms with Crippen LogP contribution >= 0.6 is 0 Å². The second-order valence-electron chi connectivity index (χ2n) is 29.6. The number of nitrogens with one attached hydrogen (secondary N) is 2. The Hall–Kier alpha value is -1.42. The third kappa shape index (κ3) is 45.8. The summed E-state index contributed by atoms with van der Waals surface area (Å²) < 4.78 is 18.1. The molecule has 2 aliphatic heterocycles. The minimum Gasteiger partial charge on any atom is -0.388 e. The maximum Gasteiger partial charge on any atom is 0.223 e. The lowest BCUT2D eigenvalue weighted by molar-refractivity contribution is -0.372. The normalized spacial score (nSPS) is 21.8. The van der Waals surface area contributed by atoms with E-state index in [1.807, 2.05) is 0 Å². The van der Waals surface area contributed by atoms with Crippen LogP contribution in [0.5, 0.6) is 0 Å². The van der Waals surface area contributed by atoms with Gasteiger partial charge in [0.25, 0.3) is 0 Å². The van der Waals surface area contributed by atoms with Gasteiger partial charge < -0.3 is 55.5 Å².